The number of anilines is 2. The summed E-state index contributed by atoms with van der Waals surface area (Å²) in [5.74, 6) is 1.31. The molecule has 0 radical (unpaired) electrons. The van der Waals surface area contributed by atoms with E-state index >= 15 is 0 Å². The quantitative estimate of drug-likeness (QED) is 0.536. The third-order valence-electron chi connectivity index (χ3n) is 5.90. The molecule has 2 aromatic heterocycles. The summed E-state index contributed by atoms with van der Waals surface area (Å²) in [6, 6.07) is 7.08. The van der Waals surface area contributed by atoms with E-state index in [1.54, 1.807) is 36.6 Å². The number of nitrogens with one attached hydrogen (secondary N) is 2. The summed E-state index contributed by atoms with van der Waals surface area (Å²) in [6.45, 7) is 3.81. The van der Waals surface area contributed by atoms with E-state index in [9.17, 15) is 9.59 Å². The second kappa shape index (κ2) is 8.66. The Kier molecular flexibility index (Phi) is 5.54. The topological polar surface area (TPSA) is 130 Å². The van der Waals surface area contributed by atoms with E-state index in [1.165, 1.54) is 0 Å². The molecule has 2 saturated heterocycles. The maximum atomic E-state index is 11.6. The third-order valence-corrected chi connectivity index (χ3v) is 5.90. The number of ether oxygens (including phenoxy) is 1. The molecule has 0 atom stereocenters. The second-order valence-corrected chi connectivity index (χ2v) is 8.04. The monoisotopic (exact) mass is 449 g/mol. The molecule has 3 amide bonds. The number of benzene rings is 1. The van der Waals surface area contributed by atoms with E-state index in [4.69, 9.17) is 14.7 Å². The molecule has 0 aliphatic carbocycles. The van der Waals surface area contributed by atoms with Gasteiger partial charge in [-0.3, -0.25) is 4.79 Å². The maximum Gasteiger partial charge on any atom is 0.318 e. The van der Waals surface area contributed by atoms with Gasteiger partial charge in [0.25, 0.3) is 0 Å². The summed E-state index contributed by atoms with van der Waals surface area (Å²) >= 11 is 0. The van der Waals surface area contributed by atoms with Crippen LogP contribution < -0.4 is 15.5 Å². The van der Waals surface area contributed by atoms with Crippen LogP contribution in [0.25, 0.3) is 22.6 Å². The average molecular weight is 449 g/mol. The van der Waals surface area contributed by atoms with Crippen molar-refractivity contribution in [3.8, 4) is 11.4 Å². The summed E-state index contributed by atoms with van der Waals surface area (Å²) < 4.78 is 7.30. The number of nitrogens with zero attached hydrogens (tertiary/aromatic N) is 7. The Morgan fingerprint density at radius 1 is 1.12 bits per heavy atom. The van der Waals surface area contributed by atoms with Gasteiger partial charge >= 0.3 is 6.03 Å². The van der Waals surface area contributed by atoms with Crippen LogP contribution in [0.4, 0.5) is 21.1 Å². The van der Waals surface area contributed by atoms with Crippen molar-refractivity contribution in [2.45, 2.75) is 6.04 Å². The Balaban J connectivity index is 1.53. The summed E-state index contributed by atoms with van der Waals surface area (Å²) in [7, 11) is 3.13. The molecule has 2 aliphatic rings. The van der Waals surface area contributed by atoms with Gasteiger partial charge in [-0.1, -0.05) is 5.21 Å². The number of carbonyl (C=O) groups excluding carboxylic acids is 2. The highest BCUT2D eigenvalue weighted by Gasteiger charge is 2.33. The van der Waals surface area contributed by atoms with Crippen molar-refractivity contribution >= 4 is 42.4 Å². The minimum atomic E-state index is -0.287. The molecule has 33 heavy (non-hydrogen) atoms. The van der Waals surface area contributed by atoms with Crippen LogP contribution >= 0.6 is 0 Å². The maximum absolute atomic E-state index is 11.6. The lowest BCUT2D eigenvalue weighted by atomic mass is 10.0. The zero-order valence-corrected chi connectivity index (χ0v) is 18.5. The summed E-state index contributed by atoms with van der Waals surface area (Å²) in [5, 5.41) is 14.0. The van der Waals surface area contributed by atoms with Crippen LogP contribution in [0.5, 0.6) is 0 Å². The van der Waals surface area contributed by atoms with Gasteiger partial charge in [0.2, 0.25) is 7.85 Å². The number of likely N-dealkylation sites (tertiary alicyclic amines) is 1. The molecule has 0 unspecified atom stereocenters. The van der Waals surface area contributed by atoms with Crippen LogP contribution in [-0.2, 0) is 4.74 Å². The minimum absolute atomic E-state index is 0.0262. The summed E-state index contributed by atoms with van der Waals surface area (Å²) in [4.78, 5) is 36.7. The summed E-state index contributed by atoms with van der Waals surface area (Å²) in [6.07, 6.45) is 0. The first-order valence-electron chi connectivity index (χ1n) is 10.8. The minimum Gasteiger partial charge on any atom is -0.378 e. The number of hydrogen-bond donors (Lipinski definition) is 2. The van der Waals surface area contributed by atoms with Crippen LogP contribution in [0.1, 0.15) is 6.04 Å². The molecule has 5 rings (SSSR count). The zero-order valence-electron chi connectivity index (χ0n) is 18.5. The fraction of sp³-hybridized carbons (Fsp3) is 0.400. The Hall–Kier alpha value is -3.74. The fourth-order valence-corrected chi connectivity index (χ4v) is 3.95. The SMILES string of the molecule is BC(=O)N1CC(n2nnc3c(N4CCOCC4)nc(-c4ccc(NC(=O)NC)cc4)nc32)C1. The highest BCUT2D eigenvalue weighted by atomic mass is 16.5. The van der Waals surface area contributed by atoms with E-state index in [0.717, 1.165) is 11.4 Å². The Morgan fingerprint density at radius 3 is 2.52 bits per heavy atom. The molecule has 2 N–H and O–H groups in total. The van der Waals surface area contributed by atoms with Crippen LogP contribution in [0, 0.1) is 0 Å². The predicted octanol–water partition coefficient (Wildman–Crippen LogP) is 0.0860. The Morgan fingerprint density at radius 2 is 1.85 bits per heavy atom. The number of fused-ring (bicyclic) bond motifs is 1. The lowest BCUT2D eigenvalue weighted by molar-refractivity contribution is 0.122. The van der Waals surface area contributed by atoms with Crippen LogP contribution in [-0.4, -0.2) is 96.0 Å². The number of amides is 3. The lowest BCUT2D eigenvalue weighted by Crippen LogP contribution is -2.50. The van der Waals surface area contributed by atoms with Crippen molar-refractivity contribution in [3.05, 3.63) is 24.3 Å². The van der Waals surface area contributed by atoms with Gasteiger partial charge in [0.05, 0.1) is 19.3 Å². The first-order valence-corrected chi connectivity index (χ1v) is 10.8. The van der Waals surface area contributed by atoms with Crippen molar-refractivity contribution in [1.82, 2.24) is 35.2 Å². The van der Waals surface area contributed by atoms with Crippen molar-refractivity contribution < 1.29 is 14.3 Å². The molecule has 13 heteroatoms. The summed E-state index contributed by atoms with van der Waals surface area (Å²) in [5.41, 5.74) is 2.75. The highest BCUT2D eigenvalue weighted by molar-refractivity contribution is 6.57. The smallest absolute Gasteiger partial charge is 0.318 e. The van der Waals surface area contributed by atoms with Crippen molar-refractivity contribution in [2.75, 3.05) is 56.7 Å². The lowest BCUT2D eigenvalue weighted by Gasteiger charge is -2.38. The fourth-order valence-electron chi connectivity index (χ4n) is 3.95. The molecule has 2 aliphatic heterocycles. The molecule has 4 heterocycles. The molecule has 12 nitrogen and oxygen atoms in total. The Labute approximate surface area is 190 Å². The second-order valence-electron chi connectivity index (χ2n) is 8.04. The van der Waals surface area contributed by atoms with Gasteiger partial charge in [-0.05, 0) is 24.3 Å². The molecule has 0 bridgehead atoms. The number of morpholine rings is 1. The van der Waals surface area contributed by atoms with Gasteiger partial charge in [0.1, 0.15) is 0 Å². The number of aromatic nitrogens is 5. The van der Waals surface area contributed by atoms with Crippen LogP contribution in [0.2, 0.25) is 0 Å². The van der Waals surface area contributed by atoms with Gasteiger partial charge in [0, 0.05) is 44.5 Å². The normalized spacial score (nSPS) is 16.5. The molecule has 1 aromatic carbocycles. The van der Waals surface area contributed by atoms with Crippen molar-refractivity contribution in [3.63, 3.8) is 0 Å². The molecule has 3 aromatic rings. The van der Waals surface area contributed by atoms with Gasteiger partial charge in [-0.25, -0.2) is 19.4 Å². The number of carbonyl (C=O) groups is 2. The van der Waals surface area contributed by atoms with E-state index in [2.05, 4.69) is 25.8 Å². The van der Waals surface area contributed by atoms with Crippen molar-refractivity contribution in [2.24, 2.45) is 0 Å². The molecular formula is C20H24BN9O3. The van der Waals surface area contributed by atoms with Crippen LogP contribution in [0.3, 0.4) is 0 Å². The largest absolute Gasteiger partial charge is 0.378 e. The first kappa shape index (κ1) is 21.1. The third kappa shape index (κ3) is 4.06. The van der Waals surface area contributed by atoms with Gasteiger partial charge in [0.15, 0.2) is 28.6 Å². The molecule has 0 spiro atoms. The van der Waals surface area contributed by atoms with Crippen LogP contribution in [0.15, 0.2) is 24.3 Å². The van der Waals surface area contributed by atoms with Gasteiger partial charge < -0.3 is 25.2 Å². The number of rotatable bonds is 4. The predicted molar refractivity (Wildman–Crippen MR) is 124 cm³/mol. The highest BCUT2D eigenvalue weighted by Crippen LogP contribution is 2.30. The number of hydrogen-bond acceptors (Lipinski definition) is 8. The van der Waals surface area contributed by atoms with E-state index < -0.39 is 0 Å². The Bertz CT molecular complexity index is 1190. The standard InChI is InChI=1S/C20H24BN9O3/c1-22-20(32)23-13-4-2-12(3-5-13)16-24-17(28-6-8-33-9-7-28)15-18(25-16)30(27-26-15)14-10-29(11-14)19(21)31/h2-5,14H,6-11,21H2,1H3,(H2,22,23,32). The van der Waals surface area contributed by atoms with Gasteiger partial charge in [-0.15, -0.1) is 5.10 Å². The van der Waals surface area contributed by atoms with E-state index in [0.29, 0.717) is 62.1 Å². The molecule has 170 valence electrons. The molecule has 0 saturated carbocycles. The zero-order chi connectivity index (χ0) is 22.9. The van der Waals surface area contributed by atoms with Crippen molar-refractivity contribution in [1.29, 1.82) is 0 Å². The first-order chi connectivity index (χ1) is 16.0. The average Bonchev–Trinajstić information content (AvgIpc) is 3.22. The number of urea groups is 1. The molecular weight excluding hydrogens is 425 g/mol. The van der Waals surface area contributed by atoms with E-state index in [1.807, 2.05) is 12.1 Å². The van der Waals surface area contributed by atoms with E-state index in [-0.39, 0.29) is 17.9 Å². The molecule has 2 fully saturated rings. The van der Waals surface area contributed by atoms with Gasteiger partial charge in [-0.2, -0.15) is 0 Å².